The molecule has 1 aromatic carbocycles. The minimum absolute atomic E-state index is 0.0892. The summed E-state index contributed by atoms with van der Waals surface area (Å²) < 4.78 is 13.6. The van der Waals surface area contributed by atoms with Gasteiger partial charge in [-0.1, -0.05) is 29.8 Å². The molecule has 1 heterocycles. The maximum absolute atomic E-state index is 13.6. The van der Waals surface area contributed by atoms with Gasteiger partial charge in [0.05, 0.1) is 10.6 Å². The zero-order valence-electron chi connectivity index (χ0n) is 10.4. The Labute approximate surface area is 115 Å². The van der Waals surface area contributed by atoms with Gasteiger partial charge >= 0.3 is 0 Å². The van der Waals surface area contributed by atoms with Gasteiger partial charge in [-0.05, 0) is 24.6 Å². The molecule has 3 N–H and O–H groups in total. The maximum atomic E-state index is 13.6. The monoisotopic (exact) mass is 280 g/mol. The Morgan fingerprint density at radius 1 is 1.42 bits per heavy atom. The minimum Gasteiger partial charge on any atom is -0.385 e. The van der Waals surface area contributed by atoms with Crippen LogP contribution in [0.3, 0.4) is 0 Å². The molecule has 0 spiro atoms. The molecule has 100 valence electrons. The Hall–Kier alpha value is -1.65. The van der Waals surface area contributed by atoms with Crippen molar-refractivity contribution in [3.63, 3.8) is 0 Å². The molecule has 5 heteroatoms. The van der Waals surface area contributed by atoms with Crippen molar-refractivity contribution in [2.45, 2.75) is 18.9 Å². The molecule has 0 radical (unpaired) electrons. The molecule has 0 saturated carbocycles. The summed E-state index contributed by atoms with van der Waals surface area (Å²) in [6.45, 7) is 1.56. The lowest BCUT2D eigenvalue weighted by atomic mass is 9.89. The molecule has 2 aromatic rings. The zero-order chi connectivity index (χ0) is 14.0. The summed E-state index contributed by atoms with van der Waals surface area (Å²) in [5.74, 6) is -0.179. The van der Waals surface area contributed by atoms with Crippen LogP contribution in [0.5, 0.6) is 0 Å². The van der Waals surface area contributed by atoms with E-state index in [2.05, 4.69) is 4.98 Å². The molecule has 0 aliphatic heterocycles. The number of aliphatic hydroxyl groups is 1. The van der Waals surface area contributed by atoms with Crippen molar-refractivity contribution in [1.29, 1.82) is 0 Å². The number of halogens is 2. The van der Waals surface area contributed by atoms with Crippen molar-refractivity contribution in [3.8, 4) is 0 Å². The first-order chi connectivity index (χ1) is 8.90. The molecular formula is C14H14ClFN2O. The first-order valence-corrected chi connectivity index (χ1v) is 6.15. The molecule has 0 fully saturated rings. The van der Waals surface area contributed by atoms with Crippen LogP contribution in [-0.4, -0.2) is 10.1 Å². The summed E-state index contributed by atoms with van der Waals surface area (Å²) in [6.07, 6.45) is 1.49. The lowest BCUT2D eigenvalue weighted by Crippen LogP contribution is -2.26. The Bertz CT molecular complexity index is 602. The standard InChI is InChI=1S/C14H14ClFN2O/c1-14(19,7-9-4-2-3-5-12(9)16)11-6-10(15)8-18-13(11)17/h2-6,8,19H,7H2,1H3,(H2,17,18). The fourth-order valence-electron chi connectivity index (χ4n) is 1.99. The van der Waals surface area contributed by atoms with Gasteiger partial charge < -0.3 is 10.8 Å². The molecule has 0 bridgehead atoms. The summed E-state index contributed by atoms with van der Waals surface area (Å²) in [6, 6.07) is 7.84. The number of benzene rings is 1. The van der Waals surface area contributed by atoms with Crippen molar-refractivity contribution in [1.82, 2.24) is 4.98 Å². The Morgan fingerprint density at radius 2 is 2.11 bits per heavy atom. The zero-order valence-corrected chi connectivity index (χ0v) is 11.2. The summed E-state index contributed by atoms with van der Waals surface area (Å²) in [4.78, 5) is 3.90. The second-order valence-electron chi connectivity index (χ2n) is 4.63. The normalized spacial score (nSPS) is 14.1. The van der Waals surface area contributed by atoms with E-state index >= 15 is 0 Å². The van der Waals surface area contributed by atoms with Crippen molar-refractivity contribution in [2.24, 2.45) is 0 Å². The number of nitrogen functional groups attached to an aromatic ring is 1. The van der Waals surface area contributed by atoms with Crippen molar-refractivity contribution >= 4 is 17.4 Å². The number of hydrogen-bond donors (Lipinski definition) is 2. The number of anilines is 1. The highest BCUT2D eigenvalue weighted by Crippen LogP contribution is 2.31. The van der Waals surface area contributed by atoms with Gasteiger partial charge in [0.25, 0.3) is 0 Å². The summed E-state index contributed by atoms with van der Waals surface area (Å²) in [5.41, 5.74) is 5.20. The first kappa shape index (κ1) is 13.8. The van der Waals surface area contributed by atoms with Crippen LogP contribution in [-0.2, 0) is 12.0 Å². The van der Waals surface area contributed by atoms with Crippen LogP contribution >= 0.6 is 11.6 Å². The van der Waals surface area contributed by atoms with Gasteiger partial charge in [-0.2, -0.15) is 0 Å². The van der Waals surface area contributed by atoms with Gasteiger partial charge in [0, 0.05) is 18.2 Å². The first-order valence-electron chi connectivity index (χ1n) is 5.77. The van der Waals surface area contributed by atoms with E-state index in [1.165, 1.54) is 12.3 Å². The van der Waals surface area contributed by atoms with Crippen LogP contribution in [0.25, 0.3) is 0 Å². The molecule has 1 atom stereocenters. The molecule has 1 unspecified atom stereocenters. The van der Waals surface area contributed by atoms with Gasteiger partial charge in [-0.25, -0.2) is 9.37 Å². The highest BCUT2D eigenvalue weighted by atomic mass is 35.5. The van der Waals surface area contributed by atoms with E-state index in [1.54, 1.807) is 31.2 Å². The molecule has 0 saturated heterocycles. The second-order valence-corrected chi connectivity index (χ2v) is 5.06. The fraction of sp³-hybridized carbons (Fsp3) is 0.214. The highest BCUT2D eigenvalue weighted by Gasteiger charge is 2.28. The van der Waals surface area contributed by atoms with Gasteiger partial charge in [0.1, 0.15) is 11.6 Å². The topological polar surface area (TPSA) is 59.1 Å². The van der Waals surface area contributed by atoms with E-state index < -0.39 is 5.60 Å². The average Bonchev–Trinajstić information content (AvgIpc) is 2.35. The van der Waals surface area contributed by atoms with Crippen LogP contribution in [0.1, 0.15) is 18.1 Å². The van der Waals surface area contributed by atoms with Crippen LogP contribution in [0.15, 0.2) is 36.5 Å². The van der Waals surface area contributed by atoms with Crippen LogP contribution in [0, 0.1) is 5.82 Å². The SMILES string of the molecule is CC(O)(Cc1ccccc1F)c1cc(Cl)cnc1N. The lowest BCUT2D eigenvalue weighted by molar-refractivity contribution is 0.0572. The van der Waals surface area contributed by atoms with Crippen molar-refractivity contribution in [2.75, 3.05) is 5.73 Å². The molecule has 0 aliphatic carbocycles. The highest BCUT2D eigenvalue weighted by molar-refractivity contribution is 6.30. The van der Waals surface area contributed by atoms with E-state index in [-0.39, 0.29) is 18.1 Å². The fourth-order valence-corrected chi connectivity index (χ4v) is 2.15. The Morgan fingerprint density at radius 3 is 2.79 bits per heavy atom. The van der Waals surface area contributed by atoms with E-state index in [0.717, 1.165) is 0 Å². The third-order valence-electron chi connectivity index (χ3n) is 2.96. The number of rotatable bonds is 3. The second kappa shape index (κ2) is 5.15. The van der Waals surface area contributed by atoms with Crippen LogP contribution in [0.4, 0.5) is 10.2 Å². The molecule has 19 heavy (non-hydrogen) atoms. The van der Waals surface area contributed by atoms with Gasteiger partial charge in [-0.3, -0.25) is 0 Å². The Kier molecular flexibility index (Phi) is 3.73. The number of aromatic nitrogens is 1. The molecule has 0 amide bonds. The summed E-state index contributed by atoms with van der Waals surface area (Å²) in [7, 11) is 0. The summed E-state index contributed by atoms with van der Waals surface area (Å²) in [5, 5.41) is 10.9. The largest absolute Gasteiger partial charge is 0.385 e. The minimum atomic E-state index is -1.34. The number of nitrogens with two attached hydrogens (primary N) is 1. The molecule has 0 aliphatic rings. The maximum Gasteiger partial charge on any atom is 0.129 e. The van der Waals surface area contributed by atoms with E-state index in [9.17, 15) is 9.50 Å². The molecule has 1 aromatic heterocycles. The quantitative estimate of drug-likeness (QED) is 0.909. The number of nitrogens with zero attached hydrogens (tertiary/aromatic N) is 1. The third kappa shape index (κ3) is 3.03. The van der Waals surface area contributed by atoms with E-state index in [0.29, 0.717) is 16.1 Å². The average molecular weight is 281 g/mol. The predicted octanol–water partition coefficient (Wildman–Crippen LogP) is 2.91. The smallest absolute Gasteiger partial charge is 0.129 e. The lowest BCUT2D eigenvalue weighted by Gasteiger charge is -2.25. The molecule has 2 rings (SSSR count). The number of hydrogen-bond acceptors (Lipinski definition) is 3. The Balaban J connectivity index is 2.37. The third-order valence-corrected chi connectivity index (χ3v) is 3.16. The van der Waals surface area contributed by atoms with E-state index in [4.69, 9.17) is 17.3 Å². The van der Waals surface area contributed by atoms with Gasteiger partial charge in [0.2, 0.25) is 0 Å². The number of pyridine rings is 1. The van der Waals surface area contributed by atoms with Crippen molar-refractivity contribution < 1.29 is 9.50 Å². The van der Waals surface area contributed by atoms with Gasteiger partial charge in [-0.15, -0.1) is 0 Å². The van der Waals surface area contributed by atoms with Crippen LogP contribution in [0.2, 0.25) is 5.02 Å². The van der Waals surface area contributed by atoms with Crippen LogP contribution < -0.4 is 5.73 Å². The predicted molar refractivity (Wildman–Crippen MR) is 73.3 cm³/mol. The van der Waals surface area contributed by atoms with E-state index in [1.807, 2.05) is 0 Å². The van der Waals surface area contributed by atoms with Gasteiger partial charge in [0.15, 0.2) is 0 Å². The molecular weight excluding hydrogens is 267 g/mol. The molecule has 3 nitrogen and oxygen atoms in total. The van der Waals surface area contributed by atoms with Crippen molar-refractivity contribution in [3.05, 3.63) is 58.5 Å². The summed E-state index contributed by atoms with van der Waals surface area (Å²) >= 11 is 5.85.